The van der Waals surface area contributed by atoms with Crippen molar-refractivity contribution in [1.29, 1.82) is 0 Å². The average Bonchev–Trinajstić information content (AvgIpc) is 2.24. The molecule has 3 N–H and O–H groups in total. The standard InChI is InChI=1S/C11H23N3OS/c1-3-7-14(9-11(15)13-2)8-5-4-6-10(12)16/h3-9H2,1-2H3,(H2,12,16)(H,13,15). The number of hydrogen-bond donors (Lipinski definition) is 2. The van der Waals surface area contributed by atoms with Gasteiger partial charge >= 0.3 is 0 Å². The summed E-state index contributed by atoms with van der Waals surface area (Å²) in [7, 11) is 1.67. The third-order valence-electron chi connectivity index (χ3n) is 2.33. The maximum absolute atomic E-state index is 11.2. The summed E-state index contributed by atoms with van der Waals surface area (Å²) >= 11 is 4.81. The van der Waals surface area contributed by atoms with Crippen LogP contribution in [0.2, 0.25) is 0 Å². The lowest BCUT2D eigenvalue weighted by atomic mass is 10.2. The molecule has 0 atom stereocenters. The molecule has 0 unspecified atom stereocenters. The van der Waals surface area contributed by atoms with Gasteiger partial charge in [0.25, 0.3) is 0 Å². The second-order valence-electron chi connectivity index (χ2n) is 3.87. The van der Waals surface area contributed by atoms with Gasteiger partial charge in [0.15, 0.2) is 0 Å². The van der Waals surface area contributed by atoms with Crippen molar-refractivity contribution in [3.05, 3.63) is 0 Å². The number of nitrogens with one attached hydrogen (secondary N) is 1. The fourth-order valence-corrected chi connectivity index (χ4v) is 1.65. The molecule has 4 nitrogen and oxygen atoms in total. The van der Waals surface area contributed by atoms with Crippen molar-refractivity contribution in [3.63, 3.8) is 0 Å². The largest absolute Gasteiger partial charge is 0.393 e. The van der Waals surface area contributed by atoms with E-state index in [1.165, 1.54) is 0 Å². The number of thiocarbonyl (C=S) groups is 1. The number of carbonyl (C=O) groups is 1. The second kappa shape index (κ2) is 9.54. The van der Waals surface area contributed by atoms with Gasteiger partial charge < -0.3 is 11.1 Å². The van der Waals surface area contributed by atoms with Crippen LogP contribution in [-0.4, -0.2) is 42.5 Å². The first kappa shape index (κ1) is 15.3. The van der Waals surface area contributed by atoms with E-state index in [-0.39, 0.29) is 5.91 Å². The summed E-state index contributed by atoms with van der Waals surface area (Å²) in [5.74, 6) is 0.0720. The lowest BCUT2D eigenvalue weighted by molar-refractivity contribution is -0.121. The lowest BCUT2D eigenvalue weighted by Crippen LogP contribution is -2.36. The summed E-state index contributed by atoms with van der Waals surface area (Å²) in [6, 6.07) is 0. The molecule has 0 aliphatic heterocycles. The van der Waals surface area contributed by atoms with Gasteiger partial charge in [-0.1, -0.05) is 19.1 Å². The SMILES string of the molecule is CCCN(CCCCC(N)=S)CC(=O)NC. The van der Waals surface area contributed by atoms with Crippen LogP contribution in [0.3, 0.4) is 0 Å². The van der Waals surface area contributed by atoms with E-state index < -0.39 is 0 Å². The molecule has 0 aliphatic rings. The highest BCUT2D eigenvalue weighted by molar-refractivity contribution is 7.80. The summed E-state index contributed by atoms with van der Waals surface area (Å²) in [5, 5.41) is 2.64. The van der Waals surface area contributed by atoms with Crippen molar-refractivity contribution in [2.75, 3.05) is 26.7 Å². The lowest BCUT2D eigenvalue weighted by Gasteiger charge is -2.20. The molecule has 16 heavy (non-hydrogen) atoms. The molecule has 0 spiro atoms. The number of carbonyl (C=O) groups excluding carboxylic acids is 1. The Morgan fingerprint density at radius 2 is 2.06 bits per heavy atom. The molecular weight excluding hydrogens is 222 g/mol. The average molecular weight is 245 g/mol. The van der Waals surface area contributed by atoms with Crippen LogP contribution in [0.25, 0.3) is 0 Å². The molecule has 0 heterocycles. The summed E-state index contributed by atoms with van der Waals surface area (Å²) < 4.78 is 0. The van der Waals surface area contributed by atoms with E-state index in [4.69, 9.17) is 18.0 Å². The molecule has 0 aromatic rings. The maximum atomic E-state index is 11.2. The fourth-order valence-electron chi connectivity index (χ4n) is 1.50. The first-order valence-electron chi connectivity index (χ1n) is 5.81. The minimum Gasteiger partial charge on any atom is -0.393 e. The molecule has 0 radical (unpaired) electrons. The molecular formula is C11H23N3OS. The van der Waals surface area contributed by atoms with Gasteiger partial charge in [0.1, 0.15) is 0 Å². The Morgan fingerprint density at radius 3 is 2.56 bits per heavy atom. The first-order valence-corrected chi connectivity index (χ1v) is 6.22. The maximum Gasteiger partial charge on any atom is 0.233 e. The van der Waals surface area contributed by atoms with Gasteiger partial charge in [-0.2, -0.15) is 0 Å². The predicted molar refractivity (Wildman–Crippen MR) is 71.4 cm³/mol. The Morgan fingerprint density at radius 1 is 1.38 bits per heavy atom. The van der Waals surface area contributed by atoms with E-state index in [2.05, 4.69) is 17.1 Å². The van der Waals surface area contributed by atoms with Crippen molar-refractivity contribution in [2.24, 2.45) is 5.73 Å². The zero-order valence-corrected chi connectivity index (χ0v) is 11.1. The van der Waals surface area contributed by atoms with Gasteiger partial charge in [-0.15, -0.1) is 0 Å². The highest BCUT2D eigenvalue weighted by Crippen LogP contribution is 2.00. The van der Waals surface area contributed by atoms with Crippen LogP contribution in [0, 0.1) is 0 Å². The smallest absolute Gasteiger partial charge is 0.233 e. The molecule has 5 heteroatoms. The van der Waals surface area contributed by atoms with Crippen LogP contribution in [0.5, 0.6) is 0 Å². The highest BCUT2D eigenvalue weighted by Gasteiger charge is 2.07. The Bertz CT molecular complexity index is 221. The topological polar surface area (TPSA) is 58.4 Å². The van der Waals surface area contributed by atoms with Crippen molar-refractivity contribution >= 4 is 23.1 Å². The van der Waals surface area contributed by atoms with Crippen molar-refractivity contribution in [2.45, 2.75) is 32.6 Å². The number of rotatable bonds is 9. The predicted octanol–water partition coefficient (Wildman–Crippen LogP) is 0.901. The highest BCUT2D eigenvalue weighted by atomic mass is 32.1. The number of nitrogens with two attached hydrogens (primary N) is 1. The van der Waals surface area contributed by atoms with Crippen LogP contribution in [0.15, 0.2) is 0 Å². The van der Waals surface area contributed by atoms with Crippen LogP contribution in [-0.2, 0) is 4.79 Å². The van der Waals surface area contributed by atoms with E-state index in [9.17, 15) is 4.79 Å². The van der Waals surface area contributed by atoms with Crippen LogP contribution in [0.4, 0.5) is 0 Å². The number of hydrogen-bond acceptors (Lipinski definition) is 3. The second-order valence-corrected chi connectivity index (χ2v) is 4.40. The minimum atomic E-state index is 0.0720. The molecule has 1 amide bonds. The van der Waals surface area contributed by atoms with Gasteiger partial charge in [-0.25, -0.2) is 0 Å². The molecule has 0 saturated heterocycles. The van der Waals surface area contributed by atoms with E-state index in [1.807, 2.05) is 0 Å². The van der Waals surface area contributed by atoms with Crippen LogP contribution < -0.4 is 11.1 Å². The molecule has 0 aromatic carbocycles. The fraction of sp³-hybridized carbons (Fsp3) is 0.818. The zero-order valence-electron chi connectivity index (χ0n) is 10.3. The number of nitrogens with zero attached hydrogens (tertiary/aromatic N) is 1. The number of unbranched alkanes of at least 4 members (excludes halogenated alkanes) is 1. The summed E-state index contributed by atoms with van der Waals surface area (Å²) in [5.41, 5.74) is 5.42. The minimum absolute atomic E-state index is 0.0720. The number of likely N-dealkylation sites (N-methyl/N-ethyl adjacent to an activating group) is 1. The van der Waals surface area contributed by atoms with E-state index in [0.29, 0.717) is 11.5 Å². The summed E-state index contributed by atoms with van der Waals surface area (Å²) in [4.78, 5) is 14.0. The Labute approximate surface area is 104 Å². The van der Waals surface area contributed by atoms with Crippen LogP contribution in [0.1, 0.15) is 32.6 Å². The third-order valence-corrected chi connectivity index (χ3v) is 2.54. The Kier molecular flexibility index (Phi) is 9.13. The molecule has 0 saturated carbocycles. The van der Waals surface area contributed by atoms with Gasteiger partial charge in [0, 0.05) is 7.05 Å². The summed E-state index contributed by atoms with van der Waals surface area (Å²) in [6.07, 6.45) is 3.90. The quantitative estimate of drug-likeness (QED) is 0.468. The van der Waals surface area contributed by atoms with E-state index in [1.54, 1.807) is 7.05 Å². The van der Waals surface area contributed by atoms with Gasteiger partial charge in [0.05, 0.1) is 11.5 Å². The molecule has 0 rings (SSSR count). The van der Waals surface area contributed by atoms with Crippen molar-refractivity contribution in [3.8, 4) is 0 Å². The summed E-state index contributed by atoms with van der Waals surface area (Å²) in [6.45, 7) is 4.49. The molecule has 0 aliphatic carbocycles. The molecule has 94 valence electrons. The Balaban J connectivity index is 3.75. The normalized spacial score (nSPS) is 10.4. The number of amides is 1. The van der Waals surface area contributed by atoms with Gasteiger partial charge in [0.2, 0.25) is 5.91 Å². The van der Waals surface area contributed by atoms with E-state index in [0.717, 1.165) is 38.8 Å². The monoisotopic (exact) mass is 245 g/mol. The zero-order chi connectivity index (χ0) is 12.4. The Hall–Kier alpha value is -0.680. The molecule has 0 aromatic heterocycles. The third kappa shape index (κ3) is 8.61. The van der Waals surface area contributed by atoms with Gasteiger partial charge in [-0.3, -0.25) is 9.69 Å². The van der Waals surface area contributed by atoms with Crippen molar-refractivity contribution in [1.82, 2.24) is 10.2 Å². The van der Waals surface area contributed by atoms with Crippen LogP contribution >= 0.6 is 12.2 Å². The first-order chi connectivity index (χ1) is 7.60. The molecule has 0 fully saturated rings. The van der Waals surface area contributed by atoms with Gasteiger partial charge in [-0.05, 0) is 38.8 Å². The molecule has 0 bridgehead atoms. The van der Waals surface area contributed by atoms with Crippen molar-refractivity contribution < 1.29 is 4.79 Å². The van der Waals surface area contributed by atoms with E-state index >= 15 is 0 Å².